The second-order valence-corrected chi connectivity index (χ2v) is 9.69. The van der Waals surface area contributed by atoms with Crippen molar-refractivity contribution >= 4 is 22.7 Å². The lowest BCUT2D eigenvalue weighted by molar-refractivity contribution is 0.102. The first-order valence-electron chi connectivity index (χ1n) is 10.9. The molecule has 1 N–H and O–H groups in total. The maximum Gasteiger partial charge on any atom is 0.191 e. The van der Waals surface area contributed by atoms with E-state index in [-0.39, 0.29) is 0 Å². The molecule has 0 bridgehead atoms. The van der Waals surface area contributed by atoms with Crippen molar-refractivity contribution in [2.75, 3.05) is 20.8 Å². The second-order valence-electron chi connectivity index (χ2n) is 7.79. The molecule has 5 nitrogen and oxygen atoms in total. The van der Waals surface area contributed by atoms with E-state index >= 15 is 0 Å². The molecule has 0 amide bonds. The largest absolute Gasteiger partial charge is 0.493 e. The van der Waals surface area contributed by atoms with Crippen LogP contribution in [0.25, 0.3) is 0 Å². The highest BCUT2D eigenvalue weighted by atomic mass is 32.1. The first-order valence-corrected chi connectivity index (χ1v) is 12.7. The summed E-state index contributed by atoms with van der Waals surface area (Å²) in [7, 11) is 3.32. The van der Waals surface area contributed by atoms with Gasteiger partial charge in [-0.25, -0.2) is 0 Å². The maximum atomic E-state index is 11.8. The van der Waals surface area contributed by atoms with Crippen LogP contribution in [0.2, 0.25) is 0 Å². The maximum absolute atomic E-state index is 11.8. The van der Waals surface area contributed by atoms with Crippen molar-refractivity contribution in [3.05, 3.63) is 92.2 Å². The number of ether oxygens (including phenoxy) is 2. The Labute approximate surface area is 202 Å². The Kier molecular flexibility index (Phi) is 7.55. The number of para-hydroxylation sites is 1. The highest BCUT2D eigenvalue weighted by Gasteiger charge is 2.39. The Morgan fingerprint density at radius 1 is 0.909 bits per heavy atom. The minimum Gasteiger partial charge on any atom is -0.493 e. The first kappa shape index (κ1) is 23.6. The summed E-state index contributed by atoms with van der Waals surface area (Å²) in [5.74, 6) is 2.83. The van der Waals surface area contributed by atoms with E-state index in [0.29, 0.717) is 18.8 Å². The van der Waals surface area contributed by atoms with Crippen molar-refractivity contribution in [3.63, 3.8) is 0 Å². The molecule has 0 radical (unpaired) electrons. The molecule has 3 heterocycles. The van der Waals surface area contributed by atoms with Gasteiger partial charge in [0.05, 0.1) is 20.8 Å². The molecule has 7 heteroatoms. The van der Waals surface area contributed by atoms with Gasteiger partial charge in [-0.2, -0.15) is 0 Å². The van der Waals surface area contributed by atoms with Crippen LogP contribution in [0.15, 0.2) is 69.8 Å². The number of aliphatic hydroxyl groups is 1. The smallest absolute Gasteiger partial charge is 0.191 e. The summed E-state index contributed by atoms with van der Waals surface area (Å²) >= 11 is 3.05. The van der Waals surface area contributed by atoms with E-state index < -0.39 is 5.60 Å². The zero-order valence-electron chi connectivity index (χ0n) is 19.1. The summed E-state index contributed by atoms with van der Waals surface area (Å²) in [5.41, 5.74) is -0.225. The molecule has 3 aromatic heterocycles. The van der Waals surface area contributed by atoms with Gasteiger partial charge in [0.1, 0.15) is 11.5 Å². The quantitative estimate of drug-likeness (QED) is 0.279. The lowest BCUT2D eigenvalue weighted by Gasteiger charge is -2.24. The first-order chi connectivity index (χ1) is 16.1. The van der Waals surface area contributed by atoms with E-state index in [1.54, 1.807) is 14.2 Å². The minimum atomic E-state index is -1.29. The molecule has 4 rings (SSSR count). The average Bonchev–Trinajstić information content (AvgIpc) is 3.61. The summed E-state index contributed by atoms with van der Waals surface area (Å²) in [4.78, 5) is 4.00. The highest BCUT2D eigenvalue weighted by molar-refractivity contribution is 7.11. The van der Waals surface area contributed by atoms with Crippen LogP contribution in [0.4, 0.5) is 0 Å². The van der Waals surface area contributed by atoms with Crippen LogP contribution >= 0.6 is 22.7 Å². The van der Waals surface area contributed by atoms with Gasteiger partial charge >= 0.3 is 0 Å². The van der Waals surface area contributed by atoms with E-state index in [2.05, 4.69) is 17.9 Å². The summed E-state index contributed by atoms with van der Waals surface area (Å²) in [6.45, 7) is 4.38. The molecule has 0 aliphatic rings. The molecule has 0 fully saturated rings. The van der Waals surface area contributed by atoms with Crippen LogP contribution in [-0.4, -0.2) is 30.8 Å². The zero-order chi connectivity index (χ0) is 23.3. The van der Waals surface area contributed by atoms with Gasteiger partial charge in [0.2, 0.25) is 0 Å². The zero-order valence-corrected chi connectivity index (χ0v) is 20.7. The third-order valence-electron chi connectivity index (χ3n) is 5.57. The van der Waals surface area contributed by atoms with E-state index in [1.807, 2.05) is 59.3 Å². The fourth-order valence-electron chi connectivity index (χ4n) is 4.06. The van der Waals surface area contributed by atoms with E-state index in [1.165, 1.54) is 22.7 Å². The number of benzene rings is 1. The van der Waals surface area contributed by atoms with Gasteiger partial charge in [0.15, 0.2) is 17.1 Å². The van der Waals surface area contributed by atoms with Gasteiger partial charge in [-0.3, -0.25) is 4.90 Å². The molecule has 0 saturated heterocycles. The number of hydrogen-bond donors (Lipinski definition) is 1. The molecule has 33 heavy (non-hydrogen) atoms. The SMILES string of the molecule is CCCN(Cc1ccc(C(O)(c2cccs2)c2cccs2)o1)Cc1cccc(OC)c1OC. The van der Waals surface area contributed by atoms with Gasteiger partial charge < -0.3 is 19.0 Å². The third-order valence-corrected chi connectivity index (χ3v) is 7.53. The summed E-state index contributed by atoms with van der Waals surface area (Å²) in [6, 6.07) is 17.6. The van der Waals surface area contributed by atoms with Gasteiger partial charge in [-0.05, 0) is 54.1 Å². The topological polar surface area (TPSA) is 55.1 Å². The van der Waals surface area contributed by atoms with Crippen LogP contribution < -0.4 is 9.47 Å². The van der Waals surface area contributed by atoms with Gasteiger partial charge in [-0.15, -0.1) is 22.7 Å². The molecule has 1 aromatic carbocycles. The van der Waals surface area contributed by atoms with Crippen LogP contribution in [-0.2, 0) is 18.7 Å². The number of methoxy groups -OCH3 is 2. The summed E-state index contributed by atoms with van der Waals surface area (Å²) in [6.07, 6.45) is 1.01. The molecule has 0 unspecified atom stereocenters. The molecule has 0 aliphatic carbocycles. The molecular weight excluding hydrogens is 454 g/mol. The molecule has 174 valence electrons. The molecule has 0 spiro atoms. The summed E-state index contributed by atoms with van der Waals surface area (Å²) in [5, 5.41) is 15.7. The fourth-order valence-corrected chi connectivity index (χ4v) is 5.81. The minimum absolute atomic E-state index is 0.540. The number of rotatable bonds is 11. The average molecular weight is 484 g/mol. The Hall–Kier alpha value is -2.58. The molecule has 0 saturated carbocycles. The van der Waals surface area contributed by atoms with E-state index in [9.17, 15) is 5.11 Å². The summed E-state index contributed by atoms with van der Waals surface area (Å²) < 4.78 is 17.4. The van der Waals surface area contributed by atoms with Crippen molar-refractivity contribution in [1.82, 2.24) is 4.90 Å². The van der Waals surface area contributed by atoms with Crippen LogP contribution in [0.5, 0.6) is 11.5 Å². The highest BCUT2D eigenvalue weighted by Crippen LogP contribution is 2.42. The molecule has 0 atom stereocenters. The van der Waals surface area contributed by atoms with Gasteiger partial charge in [0.25, 0.3) is 0 Å². The Morgan fingerprint density at radius 2 is 1.64 bits per heavy atom. The monoisotopic (exact) mass is 483 g/mol. The predicted octanol–water partition coefficient (Wildman–Crippen LogP) is 6.12. The van der Waals surface area contributed by atoms with Crippen LogP contribution in [0.1, 0.15) is 40.2 Å². The standard InChI is InChI=1S/C26H29NO4S2/c1-4-14-27(17-19-8-5-9-21(29-2)25(19)30-3)18-20-12-13-22(31-20)26(28,23-10-6-15-32-23)24-11-7-16-33-24/h5-13,15-16,28H,4,14,17-18H2,1-3H3. The fraction of sp³-hybridized carbons (Fsp3) is 0.308. The van der Waals surface area contributed by atoms with Gasteiger partial charge in [-0.1, -0.05) is 31.2 Å². The molecule has 0 aliphatic heterocycles. The second kappa shape index (κ2) is 10.6. The lowest BCUT2D eigenvalue weighted by atomic mass is 9.97. The van der Waals surface area contributed by atoms with Gasteiger partial charge in [0, 0.05) is 21.9 Å². The molecule has 4 aromatic rings. The van der Waals surface area contributed by atoms with Crippen LogP contribution in [0.3, 0.4) is 0 Å². The van der Waals surface area contributed by atoms with E-state index in [0.717, 1.165) is 45.5 Å². The van der Waals surface area contributed by atoms with Crippen molar-refractivity contribution in [2.45, 2.75) is 32.0 Å². The van der Waals surface area contributed by atoms with Crippen molar-refractivity contribution in [2.24, 2.45) is 0 Å². The Morgan fingerprint density at radius 3 is 2.21 bits per heavy atom. The molecular formula is C26H29NO4S2. The van der Waals surface area contributed by atoms with E-state index in [4.69, 9.17) is 13.9 Å². The number of nitrogens with zero attached hydrogens (tertiary/aromatic N) is 1. The normalized spacial score (nSPS) is 11.8. The number of hydrogen-bond acceptors (Lipinski definition) is 7. The Bertz CT molecular complexity index is 1100. The van der Waals surface area contributed by atoms with Crippen LogP contribution in [0, 0.1) is 0 Å². The van der Waals surface area contributed by atoms with Crippen molar-refractivity contribution in [1.29, 1.82) is 0 Å². The number of thiophene rings is 2. The predicted molar refractivity (Wildman–Crippen MR) is 133 cm³/mol. The van der Waals surface area contributed by atoms with Crippen molar-refractivity contribution in [3.8, 4) is 11.5 Å². The van der Waals surface area contributed by atoms with Crippen molar-refractivity contribution < 1.29 is 19.0 Å². The lowest BCUT2D eigenvalue weighted by Crippen LogP contribution is -2.26. The third kappa shape index (κ3) is 4.87. The Balaban J connectivity index is 1.60. The number of furan rings is 1.